The second-order valence-corrected chi connectivity index (χ2v) is 3.82. The molecule has 0 aliphatic rings. The molecule has 2 nitrogen and oxygen atoms in total. The van der Waals surface area contributed by atoms with Crippen molar-refractivity contribution in [1.82, 2.24) is 4.98 Å². The number of hydrogen-bond acceptors (Lipinski definition) is 1. The number of rotatable bonds is 2. The molecule has 15 heavy (non-hydrogen) atoms. The Kier molecular flexibility index (Phi) is 3.02. The first kappa shape index (κ1) is 10.2. The van der Waals surface area contributed by atoms with Crippen LogP contribution in [-0.2, 0) is 5.33 Å². The summed E-state index contributed by atoms with van der Waals surface area (Å²) in [7, 11) is 0. The molecule has 3 heteroatoms. The van der Waals surface area contributed by atoms with Gasteiger partial charge in [-0.3, -0.25) is 4.79 Å². The standard InChI is InChI=1S/C12H10BrNO/c13-8-10-6-11(15)7-12(14-10)9-4-2-1-3-5-9/h1-7H,8H2,(H,14,15). The first-order chi connectivity index (χ1) is 7.29. The molecule has 2 rings (SSSR count). The maximum Gasteiger partial charge on any atom is 0.182 e. The van der Waals surface area contributed by atoms with Crippen molar-refractivity contribution in [3.8, 4) is 11.3 Å². The number of H-pyrrole nitrogens is 1. The Hall–Kier alpha value is -1.35. The Morgan fingerprint density at radius 1 is 1.13 bits per heavy atom. The SMILES string of the molecule is O=c1cc(CBr)[nH]c(-c2ccccc2)c1. The molecule has 1 heterocycles. The summed E-state index contributed by atoms with van der Waals surface area (Å²) >= 11 is 3.33. The molecule has 0 saturated carbocycles. The van der Waals surface area contributed by atoms with E-state index < -0.39 is 0 Å². The van der Waals surface area contributed by atoms with E-state index in [0.717, 1.165) is 17.0 Å². The number of nitrogens with one attached hydrogen (secondary N) is 1. The van der Waals surface area contributed by atoms with Crippen LogP contribution < -0.4 is 5.43 Å². The van der Waals surface area contributed by atoms with E-state index >= 15 is 0 Å². The zero-order valence-electron chi connectivity index (χ0n) is 8.03. The molecule has 0 fully saturated rings. The van der Waals surface area contributed by atoms with Gasteiger partial charge in [0.15, 0.2) is 5.43 Å². The van der Waals surface area contributed by atoms with Gasteiger partial charge in [-0.2, -0.15) is 0 Å². The lowest BCUT2D eigenvalue weighted by atomic mass is 10.1. The highest BCUT2D eigenvalue weighted by Gasteiger charge is 2.00. The number of aromatic amines is 1. The molecule has 0 saturated heterocycles. The van der Waals surface area contributed by atoms with Crippen molar-refractivity contribution in [3.63, 3.8) is 0 Å². The summed E-state index contributed by atoms with van der Waals surface area (Å²) in [6.45, 7) is 0. The predicted molar refractivity (Wildman–Crippen MR) is 65.1 cm³/mol. The minimum atomic E-state index is 0.0297. The lowest BCUT2D eigenvalue weighted by Gasteiger charge is -2.03. The van der Waals surface area contributed by atoms with E-state index in [9.17, 15) is 4.79 Å². The van der Waals surface area contributed by atoms with Gasteiger partial charge in [0.2, 0.25) is 0 Å². The third-order valence-electron chi connectivity index (χ3n) is 2.13. The van der Waals surface area contributed by atoms with Gasteiger partial charge in [-0.1, -0.05) is 46.3 Å². The number of hydrogen-bond donors (Lipinski definition) is 1. The number of aromatic nitrogens is 1. The summed E-state index contributed by atoms with van der Waals surface area (Å²) < 4.78 is 0. The topological polar surface area (TPSA) is 32.9 Å². The van der Waals surface area contributed by atoms with E-state index in [-0.39, 0.29) is 5.43 Å². The van der Waals surface area contributed by atoms with Crippen LogP contribution >= 0.6 is 15.9 Å². The highest BCUT2D eigenvalue weighted by Crippen LogP contribution is 2.15. The maximum atomic E-state index is 11.4. The van der Waals surface area contributed by atoms with Crippen molar-refractivity contribution < 1.29 is 0 Å². The Balaban J connectivity index is 2.54. The normalized spacial score (nSPS) is 10.2. The van der Waals surface area contributed by atoms with Crippen LogP contribution in [0.25, 0.3) is 11.3 Å². The molecule has 0 bridgehead atoms. The minimum Gasteiger partial charge on any atom is -0.357 e. The fourth-order valence-electron chi connectivity index (χ4n) is 1.45. The van der Waals surface area contributed by atoms with Gasteiger partial charge in [-0.25, -0.2) is 0 Å². The van der Waals surface area contributed by atoms with Crippen LogP contribution in [0, 0.1) is 0 Å². The van der Waals surface area contributed by atoms with Crippen LogP contribution in [0.3, 0.4) is 0 Å². The molecule has 1 N–H and O–H groups in total. The largest absolute Gasteiger partial charge is 0.357 e. The summed E-state index contributed by atoms with van der Waals surface area (Å²) in [6.07, 6.45) is 0. The summed E-state index contributed by atoms with van der Waals surface area (Å²) in [6, 6.07) is 13.0. The van der Waals surface area contributed by atoms with Crippen LogP contribution in [0.15, 0.2) is 47.3 Å². The molecule has 0 atom stereocenters. The van der Waals surface area contributed by atoms with E-state index in [1.165, 1.54) is 0 Å². The third kappa shape index (κ3) is 2.36. The summed E-state index contributed by atoms with van der Waals surface area (Å²) in [5.74, 6) is 0. The van der Waals surface area contributed by atoms with Crippen LogP contribution in [-0.4, -0.2) is 4.98 Å². The smallest absolute Gasteiger partial charge is 0.182 e. The second kappa shape index (κ2) is 4.45. The first-order valence-electron chi connectivity index (χ1n) is 4.64. The average molecular weight is 264 g/mol. The summed E-state index contributed by atoms with van der Waals surface area (Å²) in [4.78, 5) is 14.6. The Bertz CT molecular complexity index is 505. The third-order valence-corrected chi connectivity index (χ3v) is 2.73. The molecule has 0 radical (unpaired) electrons. The van der Waals surface area contributed by atoms with Gasteiger partial charge in [0.25, 0.3) is 0 Å². The van der Waals surface area contributed by atoms with E-state index in [4.69, 9.17) is 0 Å². The minimum absolute atomic E-state index is 0.0297. The molecular weight excluding hydrogens is 254 g/mol. The monoisotopic (exact) mass is 263 g/mol. The zero-order valence-corrected chi connectivity index (χ0v) is 9.62. The summed E-state index contributed by atoms with van der Waals surface area (Å²) in [5, 5.41) is 0.656. The van der Waals surface area contributed by atoms with Crippen molar-refractivity contribution in [1.29, 1.82) is 0 Å². The quantitative estimate of drug-likeness (QED) is 0.831. The fourth-order valence-corrected chi connectivity index (χ4v) is 1.75. The Morgan fingerprint density at radius 2 is 1.87 bits per heavy atom. The van der Waals surface area contributed by atoms with Gasteiger partial charge in [0.05, 0.1) is 0 Å². The van der Waals surface area contributed by atoms with E-state index in [0.29, 0.717) is 5.33 Å². The summed E-state index contributed by atoms with van der Waals surface area (Å²) in [5.41, 5.74) is 2.80. The van der Waals surface area contributed by atoms with Crippen molar-refractivity contribution in [2.45, 2.75) is 5.33 Å². The van der Waals surface area contributed by atoms with Gasteiger partial charge in [0, 0.05) is 28.9 Å². The molecule has 0 aliphatic carbocycles. The van der Waals surface area contributed by atoms with Crippen molar-refractivity contribution in [2.75, 3.05) is 0 Å². The molecule has 0 unspecified atom stereocenters. The van der Waals surface area contributed by atoms with Crippen LogP contribution in [0.5, 0.6) is 0 Å². The molecular formula is C12H10BrNO. The van der Waals surface area contributed by atoms with E-state index in [1.54, 1.807) is 12.1 Å². The average Bonchev–Trinajstić information content (AvgIpc) is 2.29. The number of alkyl halides is 1. The highest BCUT2D eigenvalue weighted by molar-refractivity contribution is 9.08. The van der Waals surface area contributed by atoms with Gasteiger partial charge >= 0.3 is 0 Å². The Labute approximate surface area is 96.1 Å². The van der Waals surface area contributed by atoms with Crippen molar-refractivity contribution in [2.24, 2.45) is 0 Å². The van der Waals surface area contributed by atoms with Gasteiger partial charge in [0.1, 0.15) is 0 Å². The van der Waals surface area contributed by atoms with E-state index in [2.05, 4.69) is 20.9 Å². The van der Waals surface area contributed by atoms with Crippen LogP contribution in [0.1, 0.15) is 5.69 Å². The number of pyridine rings is 1. The fraction of sp³-hybridized carbons (Fsp3) is 0.0833. The van der Waals surface area contributed by atoms with Crippen LogP contribution in [0.2, 0.25) is 0 Å². The van der Waals surface area contributed by atoms with Gasteiger partial charge in [-0.05, 0) is 5.56 Å². The van der Waals surface area contributed by atoms with Crippen molar-refractivity contribution >= 4 is 15.9 Å². The first-order valence-corrected chi connectivity index (χ1v) is 5.76. The molecule has 76 valence electrons. The molecule has 0 aliphatic heterocycles. The highest BCUT2D eigenvalue weighted by atomic mass is 79.9. The molecule has 0 amide bonds. The second-order valence-electron chi connectivity index (χ2n) is 3.25. The lowest BCUT2D eigenvalue weighted by molar-refractivity contribution is 1.17. The van der Waals surface area contributed by atoms with Crippen molar-refractivity contribution in [3.05, 3.63) is 58.4 Å². The molecule has 2 aromatic rings. The Morgan fingerprint density at radius 3 is 2.53 bits per heavy atom. The maximum absolute atomic E-state index is 11.4. The van der Waals surface area contributed by atoms with Gasteiger partial charge < -0.3 is 4.98 Å². The van der Waals surface area contributed by atoms with Gasteiger partial charge in [-0.15, -0.1) is 0 Å². The zero-order chi connectivity index (χ0) is 10.7. The molecule has 1 aromatic carbocycles. The predicted octanol–water partition coefficient (Wildman–Crippen LogP) is 2.94. The number of halogens is 1. The molecule has 1 aromatic heterocycles. The lowest BCUT2D eigenvalue weighted by Crippen LogP contribution is -2.02. The number of benzene rings is 1. The molecule has 0 spiro atoms. The van der Waals surface area contributed by atoms with E-state index in [1.807, 2.05) is 30.3 Å². The van der Waals surface area contributed by atoms with Crippen LogP contribution in [0.4, 0.5) is 0 Å².